The molecule has 0 aliphatic rings. The zero-order chi connectivity index (χ0) is 13.8. The highest BCUT2D eigenvalue weighted by Crippen LogP contribution is 2.20. The second kappa shape index (κ2) is 6.35. The summed E-state index contributed by atoms with van der Waals surface area (Å²) in [5, 5.41) is 3.41. The van der Waals surface area contributed by atoms with E-state index in [1.54, 1.807) is 0 Å². The Morgan fingerprint density at radius 3 is 2.79 bits per heavy atom. The van der Waals surface area contributed by atoms with Crippen molar-refractivity contribution < 1.29 is 4.39 Å². The third kappa shape index (κ3) is 3.91. The first-order valence-corrected chi connectivity index (χ1v) is 7.17. The van der Waals surface area contributed by atoms with Crippen LogP contribution in [-0.4, -0.2) is 10.6 Å². The molecule has 0 bridgehead atoms. The number of benzene rings is 1. The van der Waals surface area contributed by atoms with Crippen molar-refractivity contribution in [2.75, 3.05) is 0 Å². The summed E-state index contributed by atoms with van der Waals surface area (Å²) in [7, 11) is 0. The summed E-state index contributed by atoms with van der Waals surface area (Å²) >= 11 is 3.41. The molecule has 19 heavy (non-hydrogen) atoms. The van der Waals surface area contributed by atoms with E-state index in [0.29, 0.717) is 6.04 Å². The molecule has 1 N–H and O–H groups in total. The molecule has 0 saturated carbocycles. The van der Waals surface area contributed by atoms with Gasteiger partial charge in [-0.3, -0.25) is 0 Å². The van der Waals surface area contributed by atoms with Gasteiger partial charge in [-0.05, 0) is 29.8 Å². The van der Waals surface area contributed by atoms with Crippen molar-refractivity contribution in [3.63, 3.8) is 0 Å². The van der Waals surface area contributed by atoms with Gasteiger partial charge in [0.1, 0.15) is 5.82 Å². The molecule has 102 valence electrons. The lowest BCUT2D eigenvalue weighted by molar-refractivity contribution is 0.564. The normalized spacial score (nSPS) is 11.2. The Morgan fingerprint density at radius 2 is 2.11 bits per heavy atom. The van der Waals surface area contributed by atoms with Gasteiger partial charge in [-0.2, -0.15) is 0 Å². The van der Waals surface area contributed by atoms with Crippen LogP contribution in [0.3, 0.4) is 0 Å². The standard InChI is InChI=1S/C15H18BrFN2/c1-11(2)18-9-14-4-3-7-19(14)10-12-5-6-13(17)8-15(12)16/h3-8,11,18H,9-10H2,1-2H3. The summed E-state index contributed by atoms with van der Waals surface area (Å²) in [6.45, 7) is 5.83. The molecule has 2 rings (SSSR count). The maximum absolute atomic E-state index is 13.1. The highest BCUT2D eigenvalue weighted by molar-refractivity contribution is 9.10. The lowest BCUT2D eigenvalue weighted by Gasteiger charge is -2.13. The smallest absolute Gasteiger partial charge is 0.124 e. The maximum atomic E-state index is 13.1. The maximum Gasteiger partial charge on any atom is 0.124 e. The Balaban J connectivity index is 2.12. The monoisotopic (exact) mass is 324 g/mol. The number of hydrogen-bond donors (Lipinski definition) is 1. The van der Waals surface area contributed by atoms with Crippen molar-refractivity contribution in [2.45, 2.75) is 33.0 Å². The summed E-state index contributed by atoms with van der Waals surface area (Å²) in [6, 6.07) is 9.42. The average Bonchev–Trinajstić information content (AvgIpc) is 2.77. The zero-order valence-electron chi connectivity index (χ0n) is 11.2. The third-order valence-electron chi connectivity index (χ3n) is 2.97. The van der Waals surface area contributed by atoms with Gasteiger partial charge in [0.2, 0.25) is 0 Å². The quantitative estimate of drug-likeness (QED) is 0.881. The van der Waals surface area contributed by atoms with Gasteiger partial charge in [0.15, 0.2) is 0 Å². The van der Waals surface area contributed by atoms with Crippen LogP contribution >= 0.6 is 15.9 Å². The van der Waals surface area contributed by atoms with Gasteiger partial charge < -0.3 is 9.88 Å². The van der Waals surface area contributed by atoms with Gasteiger partial charge in [-0.1, -0.05) is 35.8 Å². The van der Waals surface area contributed by atoms with Crippen molar-refractivity contribution in [3.8, 4) is 0 Å². The molecular weight excluding hydrogens is 307 g/mol. The molecular formula is C15H18BrFN2. The van der Waals surface area contributed by atoms with E-state index in [1.165, 1.54) is 17.8 Å². The summed E-state index contributed by atoms with van der Waals surface area (Å²) in [6.07, 6.45) is 2.05. The van der Waals surface area contributed by atoms with Crippen LogP contribution in [0, 0.1) is 5.82 Å². The number of aromatic nitrogens is 1. The largest absolute Gasteiger partial charge is 0.346 e. The van der Waals surface area contributed by atoms with Crippen LogP contribution < -0.4 is 5.32 Å². The Morgan fingerprint density at radius 1 is 1.32 bits per heavy atom. The molecule has 0 aliphatic carbocycles. The number of rotatable bonds is 5. The molecule has 0 fully saturated rings. The van der Waals surface area contributed by atoms with Crippen LogP contribution in [0.15, 0.2) is 41.0 Å². The number of nitrogens with one attached hydrogen (secondary N) is 1. The molecule has 1 aromatic carbocycles. The average molecular weight is 325 g/mol. The SMILES string of the molecule is CC(C)NCc1cccn1Cc1ccc(F)cc1Br. The van der Waals surface area contributed by atoms with E-state index in [1.807, 2.05) is 18.3 Å². The number of halogens is 2. The second-order valence-electron chi connectivity index (χ2n) is 4.90. The summed E-state index contributed by atoms with van der Waals surface area (Å²) in [5.41, 5.74) is 2.30. The highest BCUT2D eigenvalue weighted by atomic mass is 79.9. The Labute approximate surface area is 121 Å². The first-order chi connectivity index (χ1) is 9.06. The van der Waals surface area contributed by atoms with Gasteiger partial charge in [-0.25, -0.2) is 4.39 Å². The molecule has 0 aliphatic heterocycles. The fraction of sp³-hybridized carbons (Fsp3) is 0.333. The first kappa shape index (κ1) is 14.3. The Kier molecular flexibility index (Phi) is 4.77. The fourth-order valence-electron chi connectivity index (χ4n) is 1.91. The summed E-state index contributed by atoms with van der Waals surface area (Å²) in [4.78, 5) is 0. The Bertz CT molecular complexity index is 549. The van der Waals surface area contributed by atoms with Crippen molar-refractivity contribution in [3.05, 3.63) is 58.1 Å². The molecule has 0 amide bonds. The zero-order valence-corrected chi connectivity index (χ0v) is 12.7. The summed E-state index contributed by atoms with van der Waals surface area (Å²) in [5.74, 6) is -0.218. The van der Waals surface area contributed by atoms with Crippen LogP contribution in [0.4, 0.5) is 4.39 Å². The third-order valence-corrected chi connectivity index (χ3v) is 3.71. The number of nitrogens with zero attached hydrogens (tertiary/aromatic N) is 1. The van der Waals surface area contributed by atoms with Gasteiger partial charge in [0.05, 0.1) is 0 Å². The van der Waals surface area contributed by atoms with Crippen molar-refractivity contribution in [2.24, 2.45) is 0 Å². The van der Waals surface area contributed by atoms with E-state index in [0.717, 1.165) is 23.1 Å². The van der Waals surface area contributed by atoms with Gasteiger partial charge in [-0.15, -0.1) is 0 Å². The minimum absolute atomic E-state index is 0.218. The van der Waals surface area contributed by atoms with Crippen molar-refractivity contribution in [1.29, 1.82) is 0 Å². The van der Waals surface area contributed by atoms with E-state index in [4.69, 9.17) is 0 Å². The second-order valence-corrected chi connectivity index (χ2v) is 5.75. The van der Waals surface area contributed by atoms with E-state index < -0.39 is 0 Å². The van der Waals surface area contributed by atoms with Crippen LogP contribution in [0.2, 0.25) is 0 Å². The van der Waals surface area contributed by atoms with E-state index in [9.17, 15) is 4.39 Å². The molecule has 2 aromatic rings. The van der Waals surface area contributed by atoms with Crippen LogP contribution in [0.1, 0.15) is 25.1 Å². The van der Waals surface area contributed by atoms with Gasteiger partial charge in [0, 0.05) is 35.5 Å². The molecule has 0 radical (unpaired) electrons. The molecule has 1 aromatic heterocycles. The minimum Gasteiger partial charge on any atom is -0.346 e. The van der Waals surface area contributed by atoms with Crippen molar-refractivity contribution in [1.82, 2.24) is 9.88 Å². The molecule has 1 heterocycles. The highest BCUT2D eigenvalue weighted by Gasteiger charge is 2.06. The molecule has 4 heteroatoms. The Hall–Kier alpha value is -1.13. The predicted molar refractivity (Wildman–Crippen MR) is 79.6 cm³/mol. The van der Waals surface area contributed by atoms with Gasteiger partial charge >= 0.3 is 0 Å². The molecule has 2 nitrogen and oxygen atoms in total. The van der Waals surface area contributed by atoms with E-state index in [2.05, 4.69) is 45.7 Å². The molecule has 0 spiro atoms. The predicted octanol–water partition coefficient (Wildman–Crippen LogP) is 3.94. The van der Waals surface area contributed by atoms with E-state index in [-0.39, 0.29) is 5.82 Å². The van der Waals surface area contributed by atoms with Crippen LogP contribution in [0.25, 0.3) is 0 Å². The fourth-order valence-corrected chi connectivity index (χ4v) is 2.38. The van der Waals surface area contributed by atoms with Gasteiger partial charge in [0.25, 0.3) is 0 Å². The number of hydrogen-bond acceptors (Lipinski definition) is 1. The van der Waals surface area contributed by atoms with Crippen LogP contribution in [0.5, 0.6) is 0 Å². The first-order valence-electron chi connectivity index (χ1n) is 6.37. The molecule has 0 saturated heterocycles. The minimum atomic E-state index is -0.218. The van der Waals surface area contributed by atoms with Crippen LogP contribution in [-0.2, 0) is 13.1 Å². The van der Waals surface area contributed by atoms with E-state index >= 15 is 0 Å². The lowest BCUT2D eigenvalue weighted by atomic mass is 10.2. The topological polar surface area (TPSA) is 17.0 Å². The van der Waals surface area contributed by atoms with Crippen molar-refractivity contribution >= 4 is 15.9 Å². The molecule has 0 unspecified atom stereocenters. The summed E-state index contributed by atoms with van der Waals surface area (Å²) < 4.78 is 16.1. The molecule has 0 atom stereocenters. The lowest BCUT2D eigenvalue weighted by Crippen LogP contribution is -2.23.